The molecule has 100 valence electrons. The fourth-order valence-corrected chi connectivity index (χ4v) is 1.57. The van der Waals surface area contributed by atoms with E-state index in [4.69, 9.17) is 27.4 Å². The molecule has 3 N–H and O–H groups in total. The molecule has 0 heterocycles. The van der Waals surface area contributed by atoms with Gasteiger partial charge in [0.25, 0.3) is 0 Å². The number of rotatable bonds is 6. The zero-order valence-electron chi connectivity index (χ0n) is 11.2. The van der Waals surface area contributed by atoms with E-state index in [0.717, 1.165) is 17.0 Å². The smallest absolute Gasteiger partial charge is 0.120 e. The lowest BCUT2D eigenvalue weighted by atomic mass is 10.1. The van der Waals surface area contributed by atoms with Crippen LogP contribution in [0.3, 0.4) is 0 Å². The third kappa shape index (κ3) is 3.85. The maximum Gasteiger partial charge on any atom is 0.120 e. The molecule has 0 unspecified atom stereocenters. The zero-order valence-corrected chi connectivity index (χ0v) is 12.1. The molecule has 1 aromatic rings. The number of anilines is 1. The predicted octanol–water partition coefficient (Wildman–Crippen LogP) is 2.17. The highest BCUT2D eigenvalue weighted by atomic mass is 32.1. The highest BCUT2D eigenvalue weighted by Gasteiger charge is 2.17. The molecule has 0 fully saturated rings. The second kappa shape index (κ2) is 6.02. The third-order valence-electron chi connectivity index (χ3n) is 2.75. The van der Waals surface area contributed by atoms with Crippen LogP contribution in [0.2, 0.25) is 0 Å². The number of thiocarbonyl (C=S) groups is 1. The number of methoxy groups -OCH3 is 2. The lowest BCUT2D eigenvalue weighted by molar-refractivity contribution is 0.0344. The molecule has 18 heavy (non-hydrogen) atoms. The van der Waals surface area contributed by atoms with Crippen molar-refractivity contribution < 1.29 is 9.47 Å². The van der Waals surface area contributed by atoms with Crippen molar-refractivity contribution in [3.8, 4) is 5.75 Å². The largest absolute Gasteiger partial charge is 0.497 e. The highest BCUT2D eigenvalue weighted by Crippen LogP contribution is 2.23. The van der Waals surface area contributed by atoms with Crippen LogP contribution in [-0.2, 0) is 4.74 Å². The summed E-state index contributed by atoms with van der Waals surface area (Å²) in [6.45, 7) is 4.65. The Morgan fingerprint density at radius 1 is 1.39 bits per heavy atom. The van der Waals surface area contributed by atoms with Crippen molar-refractivity contribution in [2.24, 2.45) is 5.73 Å². The van der Waals surface area contributed by atoms with E-state index in [1.165, 1.54) is 0 Å². The molecule has 0 radical (unpaired) electrons. The Hall–Kier alpha value is -1.33. The van der Waals surface area contributed by atoms with Crippen molar-refractivity contribution in [1.29, 1.82) is 0 Å². The fourth-order valence-electron chi connectivity index (χ4n) is 1.39. The molecule has 0 aliphatic carbocycles. The van der Waals surface area contributed by atoms with Gasteiger partial charge in [0.05, 0.1) is 12.7 Å². The first kappa shape index (κ1) is 14.7. The minimum atomic E-state index is -0.267. The average molecular weight is 268 g/mol. The van der Waals surface area contributed by atoms with E-state index in [9.17, 15) is 0 Å². The molecule has 5 heteroatoms. The second-order valence-corrected chi connectivity index (χ2v) is 5.03. The van der Waals surface area contributed by atoms with Gasteiger partial charge in [0, 0.05) is 31.0 Å². The van der Waals surface area contributed by atoms with Crippen LogP contribution in [0, 0.1) is 0 Å². The Labute approximate surface area is 113 Å². The van der Waals surface area contributed by atoms with Gasteiger partial charge in [-0.1, -0.05) is 12.2 Å². The van der Waals surface area contributed by atoms with Crippen molar-refractivity contribution >= 4 is 22.9 Å². The van der Waals surface area contributed by atoms with Crippen LogP contribution in [0.1, 0.15) is 19.4 Å². The summed E-state index contributed by atoms with van der Waals surface area (Å²) < 4.78 is 10.6. The topological polar surface area (TPSA) is 56.5 Å². The third-order valence-corrected chi connectivity index (χ3v) is 2.97. The van der Waals surface area contributed by atoms with E-state index in [2.05, 4.69) is 5.32 Å². The molecule has 0 bridgehead atoms. The lowest BCUT2D eigenvalue weighted by Crippen LogP contribution is -2.32. The van der Waals surface area contributed by atoms with E-state index in [-0.39, 0.29) is 5.60 Å². The van der Waals surface area contributed by atoms with Crippen molar-refractivity contribution in [2.45, 2.75) is 19.4 Å². The Bertz CT molecular complexity index is 433. The molecule has 0 aliphatic rings. The highest BCUT2D eigenvalue weighted by molar-refractivity contribution is 7.80. The first-order valence-corrected chi connectivity index (χ1v) is 6.07. The number of hydrogen-bond acceptors (Lipinski definition) is 4. The fraction of sp³-hybridized carbons (Fsp3) is 0.462. The monoisotopic (exact) mass is 268 g/mol. The summed E-state index contributed by atoms with van der Waals surface area (Å²) >= 11 is 5.03. The summed E-state index contributed by atoms with van der Waals surface area (Å²) in [5, 5.41) is 3.29. The standard InChI is InChI=1S/C13H20N2O2S/c1-13(2,17-4)8-15-11-7-9(16-3)5-6-10(11)12(14)18/h5-7,15H,8H2,1-4H3,(H2,14,18). The molecule has 4 nitrogen and oxygen atoms in total. The summed E-state index contributed by atoms with van der Waals surface area (Å²) in [6.07, 6.45) is 0. The van der Waals surface area contributed by atoms with E-state index < -0.39 is 0 Å². The number of ether oxygens (including phenoxy) is 2. The van der Waals surface area contributed by atoms with E-state index in [1.54, 1.807) is 14.2 Å². The van der Waals surface area contributed by atoms with Crippen LogP contribution in [0.15, 0.2) is 18.2 Å². The lowest BCUT2D eigenvalue weighted by Gasteiger charge is -2.24. The van der Waals surface area contributed by atoms with Gasteiger partial charge in [-0.15, -0.1) is 0 Å². The molecule has 0 spiro atoms. The number of hydrogen-bond donors (Lipinski definition) is 2. The van der Waals surface area contributed by atoms with Crippen molar-refractivity contribution in [3.05, 3.63) is 23.8 Å². The van der Waals surface area contributed by atoms with Crippen LogP contribution >= 0.6 is 12.2 Å². The molecule has 0 amide bonds. The summed E-state index contributed by atoms with van der Waals surface area (Å²) in [5.41, 5.74) is 7.09. The van der Waals surface area contributed by atoms with Gasteiger partial charge in [0.15, 0.2) is 0 Å². The molecule has 0 aromatic heterocycles. The van der Waals surface area contributed by atoms with Crippen LogP contribution in [0.4, 0.5) is 5.69 Å². The molecule has 0 saturated carbocycles. The Kier molecular flexibility index (Phi) is 4.93. The summed E-state index contributed by atoms with van der Waals surface area (Å²) in [4.78, 5) is 0.357. The minimum Gasteiger partial charge on any atom is -0.497 e. The number of nitrogens with two attached hydrogens (primary N) is 1. The second-order valence-electron chi connectivity index (χ2n) is 4.59. The van der Waals surface area contributed by atoms with Gasteiger partial charge >= 0.3 is 0 Å². The zero-order chi connectivity index (χ0) is 13.8. The molecule has 1 rings (SSSR count). The number of benzene rings is 1. The molecule has 1 aromatic carbocycles. The SMILES string of the molecule is COc1ccc(C(N)=S)c(NCC(C)(C)OC)c1. The van der Waals surface area contributed by atoms with E-state index in [1.807, 2.05) is 32.0 Å². The van der Waals surface area contributed by atoms with Crippen LogP contribution in [0.25, 0.3) is 0 Å². The maximum atomic E-state index is 5.70. The van der Waals surface area contributed by atoms with Gasteiger partial charge in [0.2, 0.25) is 0 Å². The van der Waals surface area contributed by atoms with Gasteiger partial charge < -0.3 is 20.5 Å². The van der Waals surface area contributed by atoms with Gasteiger partial charge in [-0.25, -0.2) is 0 Å². The quantitative estimate of drug-likeness (QED) is 0.774. The first-order valence-electron chi connectivity index (χ1n) is 5.66. The Balaban J connectivity index is 2.94. The summed E-state index contributed by atoms with van der Waals surface area (Å²) in [6, 6.07) is 5.56. The maximum absolute atomic E-state index is 5.70. The molecule has 0 saturated heterocycles. The summed E-state index contributed by atoms with van der Waals surface area (Å²) in [7, 11) is 3.31. The van der Waals surface area contributed by atoms with Gasteiger partial charge in [-0.3, -0.25) is 0 Å². The molecular weight excluding hydrogens is 248 g/mol. The van der Waals surface area contributed by atoms with Crippen LogP contribution in [0.5, 0.6) is 5.75 Å². The Morgan fingerprint density at radius 3 is 2.56 bits per heavy atom. The number of nitrogens with one attached hydrogen (secondary N) is 1. The molecular formula is C13H20N2O2S. The van der Waals surface area contributed by atoms with Crippen molar-refractivity contribution in [2.75, 3.05) is 26.1 Å². The predicted molar refractivity (Wildman–Crippen MR) is 78.5 cm³/mol. The molecule has 0 atom stereocenters. The van der Waals surface area contributed by atoms with Gasteiger partial charge in [0.1, 0.15) is 10.7 Å². The normalized spacial score (nSPS) is 11.1. The average Bonchev–Trinajstić information content (AvgIpc) is 2.36. The van der Waals surface area contributed by atoms with Gasteiger partial charge in [-0.05, 0) is 26.0 Å². The van der Waals surface area contributed by atoms with Crippen LogP contribution < -0.4 is 15.8 Å². The van der Waals surface area contributed by atoms with Crippen molar-refractivity contribution in [1.82, 2.24) is 0 Å². The Morgan fingerprint density at radius 2 is 2.06 bits per heavy atom. The minimum absolute atomic E-state index is 0.267. The van der Waals surface area contributed by atoms with E-state index >= 15 is 0 Å². The first-order chi connectivity index (χ1) is 8.39. The molecule has 0 aliphatic heterocycles. The van der Waals surface area contributed by atoms with Crippen LogP contribution in [-0.4, -0.2) is 31.4 Å². The van der Waals surface area contributed by atoms with E-state index in [0.29, 0.717) is 11.5 Å². The van der Waals surface area contributed by atoms with Gasteiger partial charge in [-0.2, -0.15) is 0 Å². The summed E-state index contributed by atoms with van der Waals surface area (Å²) in [5.74, 6) is 0.757. The van der Waals surface area contributed by atoms with Crippen molar-refractivity contribution in [3.63, 3.8) is 0 Å².